The molecule has 2 aliphatic rings. The number of amides is 2. The molecule has 144 valence electrons. The van der Waals surface area contributed by atoms with Gasteiger partial charge in [-0.3, -0.25) is 10.3 Å². The van der Waals surface area contributed by atoms with Crippen LogP contribution in [0, 0.1) is 0 Å². The van der Waals surface area contributed by atoms with Gasteiger partial charge in [-0.05, 0) is 30.7 Å². The first-order chi connectivity index (χ1) is 12.9. The van der Waals surface area contributed by atoms with Crippen molar-refractivity contribution in [3.63, 3.8) is 0 Å². The number of nitrogens with zero attached hydrogens (tertiary/aromatic N) is 3. The highest BCUT2D eigenvalue weighted by atomic mass is 19.4. The van der Waals surface area contributed by atoms with Crippen LogP contribution in [0.15, 0.2) is 34.9 Å². The molecule has 0 unspecified atom stereocenters. The highest BCUT2D eigenvalue weighted by Crippen LogP contribution is 2.32. The summed E-state index contributed by atoms with van der Waals surface area (Å²) in [6, 6.07) is 5.96. The number of hydrogen-bond acceptors (Lipinski definition) is 5. The molecule has 4 rings (SSSR count). The Hall–Kier alpha value is -2.75. The summed E-state index contributed by atoms with van der Waals surface area (Å²) in [6.07, 6.45) is -3.69. The Morgan fingerprint density at radius 1 is 1.19 bits per heavy atom. The van der Waals surface area contributed by atoms with E-state index in [1.165, 1.54) is 17.1 Å². The van der Waals surface area contributed by atoms with Crippen molar-refractivity contribution in [3.8, 4) is 0 Å². The Morgan fingerprint density at radius 2 is 1.93 bits per heavy atom. The average Bonchev–Trinajstić information content (AvgIpc) is 3.22. The van der Waals surface area contributed by atoms with E-state index in [0.717, 1.165) is 17.8 Å². The fraction of sp³-hybridized carbons (Fsp3) is 0.412. The molecule has 2 fully saturated rings. The van der Waals surface area contributed by atoms with Crippen molar-refractivity contribution in [1.29, 1.82) is 0 Å². The topological polar surface area (TPSA) is 70.8 Å². The number of rotatable bonds is 3. The molecule has 1 N–H and O–H groups in total. The number of nitrogens with one attached hydrogen (secondary N) is 1. The molecule has 0 spiro atoms. The highest BCUT2D eigenvalue weighted by Gasteiger charge is 2.32. The van der Waals surface area contributed by atoms with E-state index in [4.69, 9.17) is 9.26 Å². The fourth-order valence-electron chi connectivity index (χ4n) is 3.03. The Labute approximate surface area is 152 Å². The van der Waals surface area contributed by atoms with Crippen LogP contribution in [0.5, 0.6) is 0 Å². The zero-order valence-corrected chi connectivity index (χ0v) is 14.2. The number of alkyl halides is 3. The van der Waals surface area contributed by atoms with Crippen molar-refractivity contribution in [1.82, 2.24) is 10.2 Å². The van der Waals surface area contributed by atoms with Crippen molar-refractivity contribution >= 4 is 17.6 Å². The molecular weight excluding hydrogens is 365 g/mol. The number of carbonyl (C=O) groups excluding carboxylic acids is 1. The van der Waals surface area contributed by atoms with Crippen LogP contribution in [-0.4, -0.2) is 42.5 Å². The van der Waals surface area contributed by atoms with Gasteiger partial charge in [0.2, 0.25) is 5.88 Å². The van der Waals surface area contributed by atoms with Crippen LogP contribution in [0.2, 0.25) is 0 Å². The molecule has 0 saturated carbocycles. The van der Waals surface area contributed by atoms with Crippen LogP contribution in [0.4, 0.5) is 29.5 Å². The molecule has 2 amide bonds. The molecule has 1 aromatic carbocycles. The third kappa shape index (κ3) is 3.57. The zero-order chi connectivity index (χ0) is 19.0. The Bertz CT molecular complexity index is 818. The van der Waals surface area contributed by atoms with Gasteiger partial charge in [0.05, 0.1) is 36.1 Å². The summed E-state index contributed by atoms with van der Waals surface area (Å²) in [5.74, 6) is 0.399. The molecule has 0 atom stereocenters. The molecule has 0 aliphatic carbocycles. The van der Waals surface area contributed by atoms with Crippen molar-refractivity contribution in [3.05, 3.63) is 41.6 Å². The van der Waals surface area contributed by atoms with Crippen LogP contribution in [-0.2, 0) is 10.9 Å². The lowest BCUT2D eigenvalue weighted by molar-refractivity contribution is -0.137. The number of anilines is 2. The molecule has 0 radical (unpaired) electrons. The summed E-state index contributed by atoms with van der Waals surface area (Å²) in [4.78, 5) is 12.6. The minimum absolute atomic E-state index is 0.176. The summed E-state index contributed by atoms with van der Waals surface area (Å²) in [5, 5.41) is 9.64. The lowest BCUT2D eigenvalue weighted by Gasteiger charge is -2.29. The number of ether oxygens (including phenoxy) is 1. The minimum atomic E-state index is -4.39. The number of hydrogen-bond donors (Lipinski definition) is 1. The Kier molecular flexibility index (Phi) is 4.42. The number of aromatic nitrogens is 1. The minimum Gasteiger partial charge on any atom is -0.380 e. The molecule has 7 nitrogen and oxygen atoms in total. The van der Waals surface area contributed by atoms with Gasteiger partial charge in [-0.1, -0.05) is 5.16 Å². The maximum atomic E-state index is 12.7. The predicted molar refractivity (Wildman–Crippen MR) is 89.2 cm³/mol. The SMILES string of the molecule is O=C(Nc1cc(C2COC2)no1)N1CCCN1c1ccc(C(F)(F)F)cc1. The van der Waals surface area contributed by atoms with Crippen molar-refractivity contribution in [2.24, 2.45) is 0 Å². The molecule has 27 heavy (non-hydrogen) atoms. The molecule has 1 aromatic heterocycles. The van der Waals surface area contributed by atoms with Gasteiger partial charge in [-0.2, -0.15) is 13.2 Å². The zero-order valence-electron chi connectivity index (χ0n) is 14.2. The van der Waals surface area contributed by atoms with E-state index < -0.39 is 17.8 Å². The lowest BCUT2D eigenvalue weighted by Crippen LogP contribution is -2.43. The fourth-order valence-corrected chi connectivity index (χ4v) is 3.03. The molecule has 0 bridgehead atoms. The quantitative estimate of drug-likeness (QED) is 0.880. The predicted octanol–water partition coefficient (Wildman–Crippen LogP) is 3.47. The van der Waals surface area contributed by atoms with Crippen LogP contribution in [0.3, 0.4) is 0 Å². The van der Waals surface area contributed by atoms with E-state index in [-0.39, 0.29) is 11.8 Å². The summed E-state index contributed by atoms with van der Waals surface area (Å²) >= 11 is 0. The molecule has 3 heterocycles. The summed E-state index contributed by atoms with van der Waals surface area (Å²) < 4.78 is 48.4. The van der Waals surface area contributed by atoms with Crippen LogP contribution < -0.4 is 10.3 Å². The monoisotopic (exact) mass is 382 g/mol. The maximum absolute atomic E-state index is 12.7. The normalized spacial score (nSPS) is 17.9. The molecule has 10 heteroatoms. The van der Waals surface area contributed by atoms with Gasteiger partial charge in [0, 0.05) is 19.2 Å². The van der Waals surface area contributed by atoms with E-state index in [9.17, 15) is 18.0 Å². The van der Waals surface area contributed by atoms with E-state index in [0.29, 0.717) is 38.4 Å². The third-order valence-corrected chi connectivity index (χ3v) is 4.57. The van der Waals surface area contributed by atoms with Crippen molar-refractivity contribution in [2.75, 3.05) is 36.6 Å². The van der Waals surface area contributed by atoms with Crippen molar-refractivity contribution in [2.45, 2.75) is 18.5 Å². The van der Waals surface area contributed by atoms with Gasteiger partial charge in [-0.15, -0.1) is 0 Å². The Balaban J connectivity index is 1.44. The Morgan fingerprint density at radius 3 is 2.56 bits per heavy atom. The number of carbonyl (C=O) groups is 1. The first kappa shape index (κ1) is 17.7. The van der Waals surface area contributed by atoms with Gasteiger partial charge < -0.3 is 9.26 Å². The number of halogens is 3. The maximum Gasteiger partial charge on any atom is 0.416 e. The van der Waals surface area contributed by atoms with E-state index in [1.807, 2.05) is 0 Å². The highest BCUT2D eigenvalue weighted by molar-refractivity contribution is 5.89. The first-order valence-corrected chi connectivity index (χ1v) is 8.49. The largest absolute Gasteiger partial charge is 0.416 e. The van der Waals surface area contributed by atoms with E-state index >= 15 is 0 Å². The summed E-state index contributed by atoms with van der Waals surface area (Å²) in [5.41, 5.74) is 0.508. The number of urea groups is 1. The standard InChI is InChI=1S/C17H17F3N4O3/c18-17(19,20)12-2-4-13(5-3-12)23-6-1-7-24(23)16(25)21-15-8-14(22-27-15)11-9-26-10-11/h2-5,8,11H,1,6-7,9-10H2,(H,21,25). The second kappa shape index (κ2) is 6.76. The smallest absolute Gasteiger partial charge is 0.380 e. The van der Waals surface area contributed by atoms with Gasteiger partial charge in [-0.25, -0.2) is 9.80 Å². The second-order valence-corrected chi connectivity index (χ2v) is 6.43. The number of hydrazine groups is 1. The molecular formula is C17H17F3N4O3. The molecule has 2 saturated heterocycles. The van der Waals surface area contributed by atoms with Crippen LogP contribution >= 0.6 is 0 Å². The average molecular weight is 382 g/mol. The second-order valence-electron chi connectivity index (χ2n) is 6.43. The van der Waals surface area contributed by atoms with Crippen molar-refractivity contribution < 1.29 is 27.2 Å². The number of benzene rings is 1. The van der Waals surface area contributed by atoms with Gasteiger partial charge in [0.25, 0.3) is 0 Å². The third-order valence-electron chi connectivity index (χ3n) is 4.57. The first-order valence-electron chi connectivity index (χ1n) is 8.49. The summed E-state index contributed by atoms with van der Waals surface area (Å²) in [7, 11) is 0. The van der Waals surface area contributed by atoms with E-state index in [1.54, 1.807) is 11.1 Å². The summed E-state index contributed by atoms with van der Waals surface area (Å²) in [6.45, 7) is 2.13. The molecule has 2 aromatic rings. The van der Waals surface area contributed by atoms with Gasteiger partial charge in [0.15, 0.2) is 0 Å². The van der Waals surface area contributed by atoms with Crippen LogP contribution in [0.25, 0.3) is 0 Å². The lowest BCUT2D eigenvalue weighted by atomic mass is 10.1. The van der Waals surface area contributed by atoms with Crippen LogP contribution in [0.1, 0.15) is 23.6 Å². The van der Waals surface area contributed by atoms with E-state index in [2.05, 4.69) is 10.5 Å². The van der Waals surface area contributed by atoms with Gasteiger partial charge >= 0.3 is 12.2 Å². The van der Waals surface area contributed by atoms with Gasteiger partial charge in [0.1, 0.15) is 0 Å². The molecule has 2 aliphatic heterocycles.